The summed E-state index contributed by atoms with van der Waals surface area (Å²) in [4.78, 5) is 12.6. The van der Waals surface area contributed by atoms with E-state index in [1.165, 1.54) is 42.4 Å². The molecule has 0 saturated carbocycles. The molecule has 1 aromatic carbocycles. The molecular formula is C20H32O. The highest BCUT2D eigenvalue weighted by atomic mass is 16.1. The van der Waals surface area contributed by atoms with Gasteiger partial charge in [-0.25, -0.2) is 0 Å². The van der Waals surface area contributed by atoms with E-state index in [2.05, 4.69) is 39.8 Å². The minimum atomic E-state index is 0.364. The van der Waals surface area contributed by atoms with Gasteiger partial charge in [-0.2, -0.15) is 0 Å². The third kappa shape index (κ3) is 5.30. The second-order valence-electron chi connectivity index (χ2n) is 5.94. The maximum absolute atomic E-state index is 12.6. The summed E-state index contributed by atoms with van der Waals surface area (Å²) in [7, 11) is 0. The van der Waals surface area contributed by atoms with E-state index in [-0.39, 0.29) is 0 Å². The van der Waals surface area contributed by atoms with Gasteiger partial charge in [-0.15, -0.1) is 0 Å². The lowest BCUT2D eigenvalue weighted by Crippen LogP contribution is -2.09. The second kappa shape index (κ2) is 9.76. The standard InChI is InChI=1S/C20H32O/c1-5-9-10-11-12-13-19(21)20-17(7-3)14-16(6-2)15-18(20)8-4/h14-15H,5-13H2,1-4H3. The highest BCUT2D eigenvalue weighted by Gasteiger charge is 2.15. The highest BCUT2D eigenvalue weighted by molar-refractivity contribution is 5.99. The molecule has 0 atom stereocenters. The van der Waals surface area contributed by atoms with Crippen LogP contribution in [0, 0.1) is 0 Å². The van der Waals surface area contributed by atoms with Crippen molar-refractivity contribution >= 4 is 5.78 Å². The predicted octanol–water partition coefficient (Wildman–Crippen LogP) is 5.92. The summed E-state index contributed by atoms with van der Waals surface area (Å²) >= 11 is 0. The Labute approximate surface area is 131 Å². The van der Waals surface area contributed by atoms with Gasteiger partial charge in [0.1, 0.15) is 0 Å². The molecular weight excluding hydrogens is 256 g/mol. The van der Waals surface area contributed by atoms with Crippen LogP contribution in [0.15, 0.2) is 12.1 Å². The molecule has 1 aromatic rings. The summed E-state index contributed by atoms with van der Waals surface area (Å²) in [6.45, 7) is 8.73. The number of hydrogen-bond acceptors (Lipinski definition) is 1. The molecule has 0 fully saturated rings. The Kier molecular flexibility index (Phi) is 8.34. The molecule has 21 heavy (non-hydrogen) atoms. The highest BCUT2D eigenvalue weighted by Crippen LogP contribution is 2.23. The van der Waals surface area contributed by atoms with E-state index in [0.29, 0.717) is 5.78 Å². The zero-order valence-corrected chi connectivity index (χ0v) is 14.4. The van der Waals surface area contributed by atoms with Crippen LogP contribution in [0.4, 0.5) is 0 Å². The first-order chi connectivity index (χ1) is 10.2. The zero-order chi connectivity index (χ0) is 15.7. The van der Waals surface area contributed by atoms with Crippen LogP contribution in [0.25, 0.3) is 0 Å². The third-order valence-corrected chi connectivity index (χ3v) is 4.32. The molecule has 0 aliphatic rings. The number of hydrogen-bond donors (Lipinski definition) is 0. The molecule has 0 bridgehead atoms. The second-order valence-corrected chi connectivity index (χ2v) is 5.94. The average molecular weight is 288 g/mol. The van der Waals surface area contributed by atoms with Crippen molar-refractivity contribution < 1.29 is 4.79 Å². The molecule has 118 valence electrons. The number of rotatable bonds is 10. The summed E-state index contributed by atoms with van der Waals surface area (Å²) < 4.78 is 0. The lowest BCUT2D eigenvalue weighted by molar-refractivity contribution is 0.0977. The molecule has 0 saturated heterocycles. The van der Waals surface area contributed by atoms with Gasteiger partial charge >= 0.3 is 0 Å². The fourth-order valence-electron chi connectivity index (χ4n) is 2.97. The molecule has 0 N–H and O–H groups in total. The molecule has 1 rings (SSSR count). The van der Waals surface area contributed by atoms with Crippen molar-refractivity contribution in [3.05, 3.63) is 34.4 Å². The van der Waals surface area contributed by atoms with Crippen LogP contribution in [-0.2, 0) is 19.3 Å². The van der Waals surface area contributed by atoms with Gasteiger partial charge in [0.15, 0.2) is 5.78 Å². The van der Waals surface area contributed by atoms with Crippen LogP contribution in [0.1, 0.15) is 93.3 Å². The van der Waals surface area contributed by atoms with E-state index in [9.17, 15) is 4.79 Å². The lowest BCUT2D eigenvalue weighted by atomic mass is 9.89. The monoisotopic (exact) mass is 288 g/mol. The fourth-order valence-corrected chi connectivity index (χ4v) is 2.97. The van der Waals surface area contributed by atoms with Crippen LogP contribution in [0.2, 0.25) is 0 Å². The van der Waals surface area contributed by atoms with E-state index < -0.39 is 0 Å². The van der Waals surface area contributed by atoms with Gasteiger partial charge in [-0.1, -0.05) is 65.5 Å². The Morgan fingerprint density at radius 3 is 1.86 bits per heavy atom. The van der Waals surface area contributed by atoms with Gasteiger partial charge in [0.05, 0.1) is 0 Å². The van der Waals surface area contributed by atoms with Gasteiger partial charge in [-0.05, 0) is 42.4 Å². The summed E-state index contributed by atoms with van der Waals surface area (Å²) in [5.41, 5.74) is 4.91. The van der Waals surface area contributed by atoms with Gasteiger partial charge in [0.2, 0.25) is 0 Å². The van der Waals surface area contributed by atoms with Crippen molar-refractivity contribution in [2.24, 2.45) is 0 Å². The number of carbonyl (C=O) groups excluding carboxylic acids is 1. The van der Waals surface area contributed by atoms with E-state index in [1.54, 1.807) is 0 Å². The normalized spacial score (nSPS) is 10.9. The Hall–Kier alpha value is -1.11. The van der Waals surface area contributed by atoms with Crippen LogP contribution in [0.3, 0.4) is 0 Å². The molecule has 0 heterocycles. The molecule has 0 radical (unpaired) electrons. The van der Waals surface area contributed by atoms with E-state index in [0.717, 1.165) is 37.7 Å². The predicted molar refractivity (Wildman–Crippen MR) is 92.3 cm³/mol. The third-order valence-electron chi connectivity index (χ3n) is 4.32. The summed E-state index contributed by atoms with van der Waals surface area (Å²) in [5.74, 6) is 0.364. The van der Waals surface area contributed by atoms with E-state index >= 15 is 0 Å². The Balaban J connectivity index is 2.82. The first kappa shape index (κ1) is 17.9. The van der Waals surface area contributed by atoms with E-state index in [1.807, 2.05) is 0 Å². The van der Waals surface area contributed by atoms with Gasteiger partial charge in [0.25, 0.3) is 0 Å². The van der Waals surface area contributed by atoms with Crippen molar-refractivity contribution in [3.63, 3.8) is 0 Å². The summed E-state index contributed by atoms with van der Waals surface area (Å²) in [6.07, 6.45) is 9.72. The smallest absolute Gasteiger partial charge is 0.163 e. The van der Waals surface area contributed by atoms with Crippen molar-refractivity contribution in [3.8, 4) is 0 Å². The van der Waals surface area contributed by atoms with Crippen LogP contribution < -0.4 is 0 Å². The molecule has 0 unspecified atom stereocenters. The van der Waals surface area contributed by atoms with Crippen LogP contribution >= 0.6 is 0 Å². The maximum atomic E-state index is 12.6. The van der Waals surface area contributed by atoms with Crippen LogP contribution in [0.5, 0.6) is 0 Å². The first-order valence-corrected chi connectivity index (χ1v) is 8.85. The number of unbranched alkanes of at least 4 members (excludes halogenated alkanes) is 4. The molecule has 0 amide bonds. The Bertz CT molecular complexity index is 420. The van der Waals surface area contributed by atoms with Crippen LogP contribution in [-0.4, -0.2) is 5.78 Å². The fraction of sp³-hybridized carbons (Fsp3) is 0.650. The molecule has 0 aliphatic heterocycles. The number of benzene rings is 1. The van der Waals surface area contributed by atoms with Gasteiger partial charge < -0.3 is 0 Å². The minimum Gasteiger partial charge on any atom is -0.294 e. The molecule has 0 spiro atoms. The lowest BCUT2D eigenvalue weighted by Gasteiger charge is -2.14. The number of ketones is 1. The number of carbonyl (C=O) groups is 1. The van der Waals surface area contributed by atoms with Gasteiger partial charge in [-0.3, -0.25) is 4.79 Å². The Morgan fingerprint density at radius 2 is 1.38 bits per heavy atom. The summed E-state index contributed by atoms with van der Waals surface area (Å²) in [6, 6.07) is 4.48. The topological polar surface area (TPSA) is 17.1 Å². The molecule has 0 aromatic heterocycles. The van der Waals surface area contributed by atoms with Crippen molar-refractivity contribution in [1.82, 2.24) is 0 Å². The average Bonchev–Trinajstić information content (AvgIpc) is 2.52. The van der Waals surface area contributed by atoms with Crippen molar-refractivity contribution in [1.29, 1.82) is 0 Å². The maximum Gasteiger partial charge on any atom is 0.163 e. The first-order valence-electron chi connectivity index (χ1n) is 8.85. The van der Waals surface area contributed by atoms with Gasteiger partial charge in [0, 0.05) is 12.0 Å². The van der Waals surface area contributed by atoms with Crippen molar-refractivity contribution in [2.45, 2.75) is 85.5 Å². The SMILES string of the molecule is CCCCCCCC(=O)c1c(CC)cc(CC)cc1CC. The number of Topliss-reactive ketones (excluding diaryl/α,β-unsaturated/α-hetero) is 1. The molecule has 1 nitrogen and oxygen atoms in total. The number of aryl methyl sites for hydroxylation is 3. The Morgan fingerprint density at radius 1 is 0.810 bits per heavy atom. The minimum absolute atomic E-state index is 0.364. The summed E-state index contributed by atoms with van der Waals surface area (Å²) in [5, 5.41) is 0. The largest absolute Gasteiger partial charge is 0.294 e. The van der Waals surface area contributed by atoms with E-state index in [4.69, 9.17) is 0 Å². The molecule has 0 aliphatic carbocycles. The zero-order valence-electron chi connectivity index (χ0n) is 14.4. The molecule has 1 heteroatoms. The van der Waals surface area contributed by atoms with Crippen molar-refractivity contribution in [2.75, 3.05) is 0 Å². The quantitative estimate of drug-likeness (QED) is 0.386.